The zero-order chi connectivity index (χ0) is 12.1. The van der Waals surface area contributed by atoms with E-state index in [1.165, 1.54) is 23.9 Å². The van der Waals surface area contributed by atoms with E-state index in [0.29, 0.717) is 11.5 Å². The minimum absolute atomic E-state index is 0.274. The minimum atomic E-state index is -1.01. The number of carboxylic acid groups (broad SMARTS) is 1. The predicted molar refractivity (Wildman–Crippen MR) is 62.9 cm³/mol. The summed E-state index contributed by atoms with van der Waals surface area (Å²) < 4.78 is 12.9. The molecule has 0 bridgehead atoms. The number of hydrogen-bond donors (Lipinski definition) is 2. The molecule has 3 N–H and O–H groups in total. The van der Waals surface area contributed by atoms with Crippen LogP contribution in [0.4, 0.5) is 4.39 Å². The van der Waals surface area contributed by atoms with Crippen LogP contribution in [0.1, 0.15) is 11.1 Å². The molecule has 3 nitrogen and oxygen atoms in total. The monoisotopic (exact) mass is 243 g/mol. The predicted octanol–water partition coefficient (Wildman–Crippen LogP) is 1.78. The second-order valence-corrected chi connectivity index (χ2v) is 4.56. The average molecular weight is 243 g/mol. The maximum atomic E-state index is 12.9. The highest BCUT2D eigenvalue weighted by molar-refractivity contribution is 7.98. The summed E-state index contributed by atoms with van der Waals surface area (Å²) in [6, 6.07) is 3.72. The number of hydrogen-bond acceptors (Lipinski definition) is 3. The Morgan fingerprint density at radius 2 is 2.31 bits per heavy atom. The zero-order valence-electron chi connectivity index (χ0n) is 8.94. The lowest BCUT2D eigenvalue weighted by molar-refractivity contribution is -0.137. The molecule has 0 fully saturated rings. The van der Waals surface area contributed by atoms with E-state index < -0.39 is 12.0 Å². The van der Waals surface area contributed by atoms with Gasteiger partial charge >= 0.3 is 5.97 Å². The lowest BCUT2D eigenvalue weighted by Gasteiger charge is -2.08. The van der Waals surface area contributed by atoms with Crippen molar-refractivity contribution in [2.75, 3.05) is 5.75 Å². The molecular formula is C11H14FNO2S. The van der Waals surface area contributed by atoms with Gasteiger partial charge in [0, 0.05) is 11.5 Å². The van der Waals surface area contributed by atoms with Crippen molar-refractivity contribution in [3.05, 3.63) is 35.1 Å². The molecule has 5 heteroatoms. The van der Waals surface area contributed by atoms with E-state index in [1.807, 2.05) is 6.92 Å². The molecule has 0 spiro atoms. The van der Waals surface area contributed by atoms with Crippen LogP contribution in [0.3, 0.4) is 0 Å². The fourth-order valence-electron chi connectivity index (χ4n) is 1.16. The van der Waals surface area contributed by atoms with Gasteiger partial charge in [-0.1, -0.05) is 6.07 Å². The van der Waals surface area contributed by atoms with Crippen LogP contribution in [0.5, 0.6) is 0 Å². The van der Waals surface area contributed by atoms with Gasteiger partial charge in [0.15, 0.2) is 0 Å². The second-order valence-electron chi connectivity index (χ2n) is 3.53. The quantitative estimate of drug-likeness (QED) is 0.827. The Morgan fingerprint density at radius 3 is 2.94 bits per heavy atom. The van der Waals surface area contributed by atoms with Crippen LogP contribution in [-0.2, 0) is 10.5 Å². The second kappa shape index (κ2) is 5.86. The van der Waals surface area contributed by atoms with Crippen molar-refractivity contribution < 1.29 is 14.3 Å². The van der Waals surface area contributed by atoms with Crippen LogP contribution in [0.15, 0.2) is 18.2 Å². The highest BCUT2D eigenvalue weighted by Crippen LogP contribution is 2.17. The van der Waals surface area contributed by atoms with Crippen LogP contribution in [0.2, 0.25) is 0 Å². The number of carbonyl (C=O) groups is 1. The number of nitrogens with two attached hydrogens (primary N) is 1. The molecule has 88 valence electrons. The first-order valence-corrected chi connectivity index (χ1v) is 5.97. The summed E-state index contributed by atoms with van der Waals surface area (Å²) >= 11 is 1.39. The van der Waals surface area contributed by atoms with Crippen molar-refractivity contribution in [1.82, 2.24) is 0 Å². The molecule has 0 aliphatic rings. The van der Waals surface area contributed by atoms with Crippen LogP contribution >= 0.6 is 11.8 Å². The standard InChI is InChI=1S/C11H14FNO2S/c1-7-2-3-9(12)4-8(7)5-16-6-10(13)11(14)15/h2-4,10H,5-6,13H2,1H3,(H,14,15)/t10-/m1/s1. The van der Waals surface area contributed by atoms with E-state index in [0.717, 1.165) is 11.1 Å². The molecule has 16 heavy (non-hydrogen) atoms. The van der Waals surface area contributed by atoms with Gasteiger partial charge in [-0.25, -0.2) is 4.39 Å². The van der Waals surface area contributed by atoms with Crippen LogP contribution in [0, 0.1) is 12.7 Å². The molecule has 0 radical (unpaired) electrons. The smallest absolute Gasteiger partial charge is 0.321 e. The number of carboxylic acids is 1. The van der Waals surface area contributed by atoms with Crippen LogP contribution in [-0.4, -0.2) is 22.9 Å². The highest BCUT2D eigenvalue weighted by Gasteiger charge is 2.11. The van der Waals surface area contributed by atoms with E-state index in [1.54, 1.807) is 6.07 Å². The van der Waals surface area contributed by atoms with E-state index in [-0.39, 0.29) is 5.82 Å². The zero-order valence-corrected chi connectivity index (χ0v) is 9.76. The lowest BCUT2D eigenvalue weighted by atomic mass is 10.1. The molecule has 0 heterocycles. The molecule has 1 aromatic carbocycles. The Morgan fingerprint density at radius 1 is 1.62 bits per heavy atom. The third-order valence-electron chi connectivity index (χ3n) is 2.18. The Kier molecular flexibility index (Phi) is 4.76. The largest absolute Gasteiger partial charge is 0.480 e. The number of thioether (sulfide) groups is 1. The van der Waals surface area contributed by atoms with Gasteiger partial charge in [-0.05, 0) is 30.2 Å². The van der Waals surface area contributed by atoms with Gasteiger partial charge < -0.3 is 10.8 Å². The fourth-order valence-corrected chi connectivity index (χ4v) is 2.21. The Balaban J connectivity index is 2.48. The minimum Gasteiger partial charge on any atom is -0.480 e. The summed E-state index contributed by atoms with van der Waals surface area (Å²) in [7, 11) is 0. The Bertz CT molecular complexity index is 384. The van der Waals surface area contributed by atoms with E-state index in [2.05, 4.69) is 0 Å². The third kappa shape index (κ3) is 3.83. The van der Waals surface area contributed by atoms with E-state index >= 15 is 0 Å². The summed E-state index contributed by atoms with van der Waals surface area (Å²) in [4.78, 5) is 10.5. The molecule has 1 aromatic rings. The first-order valence-electron chi connectivity index (χ1n) is 4.82. The number of halogens is 1. The van der Waals surface area contributed by atoms with Crippen molar-refractivity contribution in [1.29, 1.82) is 0 Å². The Hall–Kier alpha value is -1.07. The summed E-state index contributed by atoms with van der Waals surface area (Å²) in [5.41, 5.74) is 7.23. The number of aliphatic carboxylic acids is 1. The van der Waals surface area contributed by atoms with E-state index in [4.69, 9.17) is 10.8 Å². The Labute approximate surface area is 97.8 Å². The molecule has 1 rings (SSSR count). The molecule has 0 saturated carbocycles. The van der Waals surface area contributed by atoms with Gasteiger partial charge in [0.05, 0.1) is 0 Å². The summed E-state index contributed by atoms with van der Waals surface area (Å²) in [5.74, 6) is -0.386. The van der Waals surface area contributed by atoms with E-state index in [9.17, 15) is 9.18 Å². The molecule has 0 aliphatic carbocycles. The first-order chi connectivity index (χ1) is 7.50. The molecule has 1 atom stereocenters. The van der Waals surface area contributed by atoms with Crippen molar-refractivity contribution in [3.8, 4) is 0 Å². The SMILES string of the molecule is Cc1ccc(F)cc1CSC[C@@H](N)C(=O)O. The van der Waals surface area contributed by atoms with Gasteiger partial charge in [0.25, 0.3) is 0 Å². The van der Waals surface area contributed by atoms with Crippen molar-refractivity contribution in [2.24, 2.45) is 5.73 Å². The highest BCUT2D eigenvalue weighted by atomic mass is 32.2. The van der Waals surface area contributed by atoms with Crippen molar-refractivity contribution in [3.63, 3.8) is 0 Å². The molecule has 0 aromatic heterocycles. The van der Waals surface area contributed by atoms with Gasteiger partial charge in [-0.15, -0.1) is 0 Å². The third-order valence-corrected chi connectivity index (χ3v) is 3.29. The van der Waals surface area contributed by atoms with Crippen molar-refractivity contribution >= 4 is 17.7 Å². The lowest BCUT2D eigenvalue weighted by Crippen LogP contribution is -2.32. The molecule has 0 unspecified atom stereocenters. The number of rotatable bonds is 5. The number of benzene rings is 1. The van der Waals surface area contributed by atoms with Gasteiger partial charge in [-0.2, -0.15) is 11.8 Å². The maximum absolute atomic E-state index is 12.9. The summed E-state index contributed by atoms with van der Waals surface area (Å²) in [5, 5.41) is 8.58. The molecule has 0 saturated heterocycles. The number of aryl methyl sites for hydroxylation is 1. The normalized spacial score (nSPS) is 12.4. The van der Waals surface area contributed by atoms with Crippen molar-refractivity contribution in [2.45, 2.75) is 18.7 Å². The summed E-state index contributed by atoms with van der Waals surface area (Å²) in [6.07, 6.45) is 0. The maximum Gasteiger partial charge on any atom is 0.321 e. The van der Waals surface area contributed by atoms with Crippen LogP contribution < -0.4 is 5.73 Å². The average Bonchev–Trinajstić information content (AvgIpc) is 2.22. The first kappa shape index (κ1) is 13.0. The molecular weight excluding hydrogens is 229 g/mol. The van der Waals surface area contributed by atoms with Gasteiger partial charge in [-0.3, -0.25) is 4.79 Å². The van der Waals surface area contributed by atoms with Crippen LogP contribution in [0.25, 0.3) is 0 Å². The summed E-state index contributed by atoms with van der Waals surface area (Å²) in [6.45, 7) is 1.90. The van der Waals surface area contributed by atoms with Gasteiger partial charge in [0.2, 0.25) is 0 Å². The van der Waals surface area contributed by atoms with Gasteiger partial charge in [0.1, 0.15) is 11.9 Å². The topological polar surface area (TPSA) is 63.3 Å². The molecule has 0 aliphatic heterocycles. The fraction of sp³-hybridized carbons (Fsp3) is 0.364. The molecule has 0 amide bonds.